The van der Waals surface area contributed by atoms with Crippen LogP contribution in [0.25, 0.3) is 6.08 Å². The number of rotatable bonds is 8. The molecule has 0 unspecified atom stereocenters. The smallest absolute Gasteiger partial charge is 0.277 e. The highest BCUT2D eigenvalue weighted by atomic mass is 79.9. The Morgan fingerprint density at radius 2 is 2.24 bits per heavy atom. The molecule has 6 heteroatoms. The molecule has 0 spiro atoms. The van der Waals surface area contributed by atoms with Gasteiger partial charge in [-0.15, -0.1) is 0 Å². The monoisotopic (exact) mass is 356 g/mol. The number of methoxy groups -OCH3 is 1. The number of nitro groups is 1. The van der Waals surface area contributed by atoms with Crippen molar-refractivity contribution >= 4 is 27.7 Å². The predicted molar refractivity (Wildman–Crippen MR) is 88.4 cm³/mol. The van der Waals surface area contributed by atoms with E-state index in [9.17, 15) is 10.1 Å². The van der Waals surface area contributed by atoms with E-state index >= 15 is 0 Å². The van der Waals surface area contributed by atoms with Gasteiger partial charge in [0, 0.05) is 30.7 Å². The van der Waals surface area contributed by atoms with Gasteiger partial charge in [0.05, 0.1) is 17.1 Å². The zero-order valence-electron chi connectivity index (χ0n) is 12.6. The summed E-state index contributed by atoms with van der Waals surface area (Å²) in [6, 6.07) is 5.11. The number of hydrogen-bond donors (Lipinski definition) is 1. The first kappa shape index (κ1) is 17.8. The number of halogens is 1. The van der Waals surface area contributed by atoms with E-state index in [1.165, 1.54) is 6.07 Å². The molecule has 1 aromatic carbocycles. The molecule has 1 aromatic rings. The Morgan fingerprint density at radius 1 is 1.52 bits per heavy atom. The van der Waals surface area contributed by atoms with Gasteiger partial charge in [-0.25, -0.2) is 0 Å². The van der Waals surface area contributed by atoms with E-state index in [1.807, 2.05) is 12.1 Å². The van der Waals surface area contributed by atoms with E-state index < -0.39 is 0 Å². The highest BCUT2D eigenvalue weighted by Crippen LogP contribution is 2.26. The number of hydrogen-bond acceptors (Lipinski definition) is 4. The highest BCUT2D eigenvalue weighted by Gasteiger charge is 2.14. The van der Waals surface area contributed by atoms with Gasteiger partial charge in [0.2, 0.25) is 0 Å². The van der Waals surface area contributed by atoms with Crippen LogP contribution < -0.4 is 5.32 Å². The van der Waals surface area contributed by atoms with Gasteiger partial charge < -0.3 is 10.1 Å². The average Bonchev–Trinajstić information content (AvgIpc) is 2.43. The topological polar surface area (TPSA) is 64.4 Å². The lowest BCUT2D eigenvalue weighted by molar-refractivity contribution is -0.385. The summed E-state index contributed by atoms with van der Waals surface area (Å²) in [4.78, 5) is 10.8. The van der Waals surface area contributed by atoms with Gasteiger partial charge in [0.1, 0.15) is 0 Å². The molecule has 0 saturated heterocycles. The lowest BCUT2D eigenvalue weighted by Gasteiger charge is -2.13. The molecule has 5 nitrogen and oxygen atoms in total. The molecule has 0 bridgehead atoms. The van der Waals surface area contributed by atoms with Crippen molar-refractivity contribution in [3.8, 4) is 0 Å². The van der Waals surface area contributed by atoms with Gasteiger partial charge in [-0.05, 0) is 24.1 Å². The molecule has 0 aliphatic rings. The van der Waals surface area contributed by atoms with Crippen LogP contribution in [-0.4, -0.2) is 31.7 Å². The summed E-state index contributed by atoms with van der Waals surface area (Å²) < 4.78 is 5.69. The number of nitrogens with one attached hydrogen (secondary N) is 1. The SMILES string of the molecule is COCCNC/C(=C/c1ccc(Br)cc1[N+](=O)[O-])C(C)C. The number of benzene rings is 1. The van der Waals surface area contributed by atoms with Crippen LogP contribution in [0.3, 0.4) is 0 Å². The molecule has 0 radical (unpaired) electrons. The second-order valence-electron chi connectivity index (χ2n) is 5.00. The molecule has 0 heterocycles. The summed E-state index contributed by atoms with van der Waals surface area (Å²) in [6.45, 7) is 6.24. The van der Waals surface area contributed by atoms with Crippen molar-refractivity contribution in [2.75, 3.05) is 26.8 Å². The summed E-state index contributed by atoms with van der Waals surface area (Å²) in [5.41, 5.74) is 1.86. The molecule has 116 valence electrons. The van der Waals surface area contributed by atoms with Crippen LogP contribution in [0.15, 0.2) is 28.2 Å². The fraction of sp³-hybridized carbons (Fsp3) is 0.467. The Hall–Kier alpha value is -1.24. The van der Waals surface area contributed by atoms with Crippen molar-refractivity contribution in [2.24, 2.45) is 5.92 Å². The van der Waals surface area contributed by atoms with Gasteiger partial charge in [0.15, 0.2) is 0 Å². The third-order valence-corrected chi connectivity index (χ3v) is 3.58. The van der Waals surface area contributed by atoms with E-state index in [4.69, 9.17) is 4.74 Å². The summed E-state index contributed by atoms with van der Waals surface area (Å²) in [5, 5.41) is 14.4. The van der Waals surface area contributed by atoms with Crippen molar-refractivity contribution in [3.05, 3.63) is 43.9 Å². The minimum Gasteiger partial charge on any atom is -0.383 e. The molecule has 21 heavy (non-hydrogen) atoms. The summed E-state index contributed by atoms with van der Waals surface area (Å²) in [5.74, 6) is 0.309. The molecule has 0 aliphatic heterocycles. The quantitative estimate of drug-likeness (QED) is 0.438. The number of ether oxygens (including phenoxy) is 1. The van der Waals surface area contributed by atoms with Crippen LogP contribution in [0.5, 0.6) is 0 Å². The lowest BCUT2D eigenvalue weighted by atomic mass is 9.99. The largest absolute Gasteiger partial charge is 0.383 e. The van der Waals surface area contributed by atoms with Crippen molar-refractivity contribution in [1.29, 1.82) is 0 Å². The minimum absolute atomic E-state index is 0.111. The standard InChI is InChI=1S/C15H21BrN2O3/c1-11(2)13(10-17-6-7-21-3)8-12-4-5-14(16)9-15(12)18(19)20/h4-5,8-9,11,17H,6-7,10H2,1-3H3/b13-8-. The fourth-order valence-electron chi connectivity index (χ4n) is 1.83. The first-order chi connectivity index (χ1) is 9.95. The highest BCUT2D eigenvalue weighted by molar-refractivity contribution is 9.10. The fourth-order valence-corrected chi connectivity index (χ4v) is 2.17. The molecule has 0 fully saturated rings. The lowest BCUT2D eigenvalue weighted by Crippen LogP contribution is -2.23. The van der Waals surface area contributed by atoms with Crippen molar-refractivity contribution < 1.29 is 9.66 Å². The van der Waals surface area contributed by atoms with E-state index in [1.54, 1.807) is 13.2 Å². The van der Waals surface area contributed by atoms with E-state index in [0.717, 1.165) is 12.1 Å². The van der Waals surface area contributed by atoms with E-state index in [2.05, 4.69) is 35.1 Å². The van der Waals surface area contributed by atoms with Crippen LogP contribution in [0.1, 0.15) is 19.4 Å². The predicted octanol–water partition coefficient (Wildman–Crippen LogP) is 3.63. The zero-order valence-corrected chi connectivity index (χ0v) is 14.1. The third kappa shape index (κ3) is 5.95. The first-order valence-electron chi connectivity index (χ1n) is 6.79. The average molecular weight is 357 g/mol. The Balaban J connectivity index is 2.97. The molecule has 0 amide bonds. The Bertz CT molecular complexity index is 516. The second kappa shape index (κ2) is 8.92. The second-order valence-corrected chi connectivity index (χ2v) is 5.92. The molecular formula is C15H21BrN2O3. The van der Waals surface area contributed by atoms with Gasteiger partial charge >= 0.3 is 0 Å². The minimum atomic E-state index is -0.354. The number of nitro benzene ring substituents is 1. The Kier molecular flexibility index (Phi) is 7.56. The molecule has 1 N–H and O–H groups in total. The molecule has 0 saturated carbocycles. The van der Waals surface area contributed by atoms with E-state index in [-0.39, 0.29) is 10.6 Å². The van der Waals surface area contributed by atoms with Gasteiger partial charge in [-0.3, -0.25) is 10.1 Å². The third-order valence-electron chi connectivity index (χ3n) is 3.08. The van der Waals surface area contributed by atoms with Gasteiger partial charge in [0.25, 0.3) is 5.69 Å². The number of nitrogens with zero attached hydrogens (tertiary/aromatic N) is 1. The maximum absolute atomic E-state index is 11.1. The van der Waals surface area contributed by atoms with Crippen molar-refractivity contribution in [1.82, 2.24) is 5.32 Å². The van der Waals surface area contributed by atoms with Crippen LogP contribution in [0.4, 0.5) is 5.69 Å². The Morgan fingerprint density at radius 3 is 2.81 bits per heavy atom. The van der Waals surface area contributed by atoms with Crippen LogP contribution >= 0.6 is 15.9 Å². The maximum atomic E-state index is 11.1. The first-order valence-corrected chi connectivity index (χ1v) is 7.59. The molecule has 0 aliphatic carbocycles. The molecule has 1 rings (SSSR count). The van der Waals surface area contributed by atoms with E-state index in [0.29, 0.717) is 29.1 Å². The van der Waals surface area contributed by atoms with Gasteiger partial charge in [-0.1, -0.05) is 35.4 Å². The zero-order chi connectivity index (χ0) is 15.8. The van der Waals surface area contributed by atoms with Gasteiger partial charge in [-0.2, -0.15) is 0 Å². The summed E-state index contributed by atoms with van der Waals surface area (Å²) in [7, 11) is 1.66. The van der Waals surface area contributed by atoms with Crippen LogP contribution in [0.2, 0.25) is 0 Å². The van der Waals surface area contributed by atoms with Crippen molar-refractivity contribution in [2.45, 2.75) is 13.8 Å². The molecule has 0 atom stereocenters. The van der Waals surface area contributed by atoms with Crippen LogP contribution in [0, 0.1) is 16.0 Å². The summed E-state index contributed by atoms with van der Waals surface area (Å²) >= 11 is 3.27. The van der Waals surface area contributed by atoms with Crippen LogP contribution in [-0.2, 0) is 4.74 Å². The summed E-state index contributed by atoms with van der Waals surface area (Å²) in [6.07, 6.45) is 1.90. The molecule has 0 aromatic heterocycles. The van der Waals surface area contributed by atoms with Crippen molar-refractivity contribution in [3.63, 3.8) is 0 Å². The normalized spacial score (nSPS) is 12.0. The Labute approximate surface area is 133 Å². The maximum Gasteiger partial charge on any atom is 0.277 e. The molecular weight excluding hydrogens is 336 g/mol.